The number of imidazole rings is 1. The van der Waals surface area contributed by atoms with Crippen LogP contribution < -0.4 is 5.73 Å². The monoisotopic (exact) mass is 275 g/mol. The number of thiophene rings is 1. The molecule has 2 aromatic heterocycles. The van der Waals surface area contributed by atoms with Gasteiger partial charge < -0.3 is 10.3 Å². The van der Waals surface area contributed by atoms with Crippen molar-refractivity contribution in [2.24, 2.45) is 0 Å². The van der Waals surface area contributed by atoms with Crippen LogP contribution in [0.2, 0.25) is 0 Å². The third-order valence-electron chi connectivity index (χ3n) is 3.17. The lowest BCUT2D eigenvalue weighted by Crippen LogP contribution is -1.96. The molecule has 0 radical (unpaired) electrons. The van der Waals surface area contributed by atoms with E-state index < -0.39 is 0 Å². The topological polar surface area (TPSA) is 43.8 Å². The van der Waals surface area contributed by atoms with Crippen molar-refractivity contribution in [3.63, 3.8) is 0 Å². The molecule has 3 nitrogen and oxygen atoms in total. The summed E-state index contributed by atoms with van der Waals surface area (Å²) in [5.74, 6) is 0.601. The maximum absolute atomic E-state index is 13.3. The third-order valence-corrected chi connectivity index (χ3v) is 4.23. The Kier molecular flexibility index (Phi) is 2.78. The van der Waals surface area contributed by atoms with E-state index in [0.29, 0.717) is 5.52 Å². The minimum atomic E-state index is -0.262. The van der Waals surface area contributed by atoms with Crippen molar-refractivity contribution in [1.82, 2.24) is 9.55 Å². The van der Waals surface area contributed by atoms with E-state index >= 15 is 0 Å². The van der Waals surface area contributed by atoms with Crippen LogP contribution in [-0.2, 0) is 6.54 Å². The largest absolute Gasteiger partial charge is 0.391 e. The molecule has 3 aromatic rings. The lowest BCUT2D eigenvalue weighted by Gasteiger charge is -2.04. The number of halogens is 1. The predicted octanol–water partition coefficient (Wildman–Crippen LogP) is 3.81. The minimum absolute atomic E-state index is 0.262. The molecule has 1 aromatic carbocycles. The van der Waals surface area contributed by atoms with Gasteiger partial charge in [-0.15, -0.1) is 11.3 Å². The molecule has 5 heteroatoms. The van der Waals surface area contributed by atoms with Crippen molar-refractivity contribution in [2.75, 3.05) is 5.73 Å². The first-order valence-electron chi connectivity index (χ1n) is 6.12. The van der Waals surface area contributed by atoms with Gasteiger partial charge in [0.1, 0.15) is 5.82 Å². The van der Waals surface area contributed by atoms with Crippen molar-refractivity contribution in [2.45, 2.75) is 20.4 Å². The summed E-state index contributed by atoms with van der Waals surface area (Å²) < 4.78 is 15.4. The van der Waals surface area contributed by atoms with E-state index in [-0.39, 0.29) is 5.82 Å². The molecule has 0 aliphatic heterocycles. The molecule has 19 heavy (non-hydrogen) atoms. The van der Waals surface area contributed by atoms with E-state index in [1.165, 1.54) is 23.5 Å². The van der Waals surface area contributed by atoms with Crippen molar-refractivity contribution in [1.29, 1.82) is 0 Å². The molecule has 3 rings (SSSR count). The summed E-state index contributed by atoms with van der Waals surface area (Å²) in [6.07, 6.45) is 0. The van der Waals surface area contributed by atoms with Gasteiger partial charge in [0.15, 0.2) is 5.82 Å². The summed E-state index contributed by atoms with van der Waals surface area (Å²) in [5.41, 5.74) is 8.59. The molecule has 0 aliphatic rings. The minimum Gasteiger partial charge on any atom is -0.391 e. The number of nitrogens with zero attached hydrogens (tertiary/aromatic N) is 2. The zero-order chi connectivity index (χ0) is 13.6. The highest BCUT2D eigenvalue weighted by atomic mass is 32.1. The van der Waals surface area contributed by atoms with Crippen LogP contribution in [0.25, 0.3) is 21.7 Å². The number of aromatic nitrogens is 2. The molecule has 0 aliphatic carbocycles. The van der Waals surface area contributed by atoms with Crippen molar-refractivity contribution < 1.29 is 4.39 Å². The summed E-state index contributed by atoms with van der Waals surface area (Å²) in [5, 5.41) is 0.772. The van der Waals surface area contributed by atoms with Crippen molar-refractivity contribution in [3.8, 4) is 10.7 Å². The molecule has 0 spiro atoms. The molecule has 2 heterocycles. The van der Waals surface area contributed by atoms with Gasteiger partial charge in [-0.05, 0) is 37.6 Å². The van der Waals surface area contributed by atoms with Crippen LogP contribution in [0.3, 0.4) is 0 Å². The van der Waals surface area contributed by atoms with E-state index in [9.17, 15) is 4.39 Å². The number of rotatable bonds is 2. The van der Waals surface area contributed by atoms with E-state index in [2.05, 4.69) is 16.5 Å². The Bertz CT molecular complexity index is 757. The Hall–Kier alpha value is -1.88. The molecule has 0 unspecified atom stereocenters. The van der Waals surface area contributed by atoms with Gasteiger partial charge in [0.05, 0.1) is 20.9 Å². The summed E-state index contributed by atoms with van der Waals surface area (Å²) in [6, 6.07) is 6.66. The Morgan fingerprint density at radius 1 is 1.37 bits per heavy atom. The molecular formula is C14H14FN3S. The summed E-state index contributed by atoms with van der Waals surface area (Å²) in [6.45, 7) is 4.86. The van der Waals surface area contributed by atoms with Crippen LogP contribution in [0.1, 0.15) is 12.5 Å². The number of fused-ring (bicyclic) bond motifs is 1. The number of benzene rings is 1. The normalized spacial score (nSPS) is 11.3. The van der Waals surface area contributed by atoms with Gasteiger partial charge in [0.25, 0.3) is 0 Å². The SMILES string of the molecule is CCn1c(-c2sc(N)cc2C)nc2cc(F)ccc21. The van der Waals surface area contributed by atoms with Crippen LogP contribution in [-0.4, -0.2) is 9.55 Å². The van der Waals surface area contributed by atoms with Crippen molar-refractivity contribution in [3.05, 3.63) is 35.6 Å². The molecule has 0 atom stereocenters. The molecule has 98 valence electrons. The fourth-order valence-corrected chi connectivity index (χ4v) is 3.26. The highest BCUT2D eigenvalue weighted by molar-refractivity contribution is 7.19. The fraction of sp³-hybridized carbons (Fsp3) is 0.214. The van der Waals surface area contributed by atoms with Gasteiger partial charge >= 0.3 is 0 Å². The van der Waals surface area contributed by atoms with Gasteiger partial charge in [-0.2, -0.15) is 0 Å². The van der Waals surface area contributed by atoms with Gasteiger partial charge in [-0.1, -0.05) is 0 Å². The van der Waals surface area contributed by atoms with Crippen LogP contribution in [0.4, 0.5) is 9.39 Å². The average Bonchev–Trinajstić information content (AvgIpc) is 2.88. The molecule has 0 saturated heterocycles. The van der Waals surface area contributed by atoms with Gasteiger partial charge in [-0.25, -0.2) is 9.37 Å². The second-order valence-corrected chi connectivity index (χ2v) is 5.56. The number of hydrogen-bond acceptors (Lipinski definition) is 3. The number of hydrogen-bond donors (Lipinski definition) is 1. The highest BCUT2D eigenvalue weighted by Crippen LogP contribution is 2.35. The number of aryl methyl sites for hydroxylation is 2. The highest BCUT2D eigenvalue weighted by Gasteiger charge is 2.16. The Morgan fingerprint density at radius 2 is 2.16 bits per heavy atom. The maximum Gasteiger partial charge on any atom is 0.151 e. The first-order chi connectivity index (χ1) is 9.10. The van der Waals surface area contributed by atoms with Gasteiger partial charge in [0.2, 0.25) is 0 Å². The van der Waals surface area contributed by atoms with E-state index in [4.69, 9.17) is 5.73 Å². The molecular weight excluding hydrogens is 261 g/mol. The standard InChI is InChI=1S/C14H14FN3S/c1-3-18-11-5-4-9(15)7-10(11)17-14(18)13-8(2)6-12(16)19-13/h4-7H,3,16H2,1-2H3. The van der Waals surface area contributed by atoms with Gasteiger partial charge in [-0.3, -0.25) is 0 Å². The molecule has 2 N–H and O–H groups in total. The second kappa shape index (κ2) is 4.35. The van der Waals surface area contributed by atoms with Crippen LogP contribution >= 0.6 is 11.3 Å². The van der Waals surface area contributed by atoms with Crippen LogP contribution in [0.15, 0.2) is 24.3 Å². The fourth-order valence-electron chi connectivity index (χ4n) is 2.33. The summed E-state index contributed by atoms with van der Waals surface area (Å²) >= 11 is 1.52. The smallest absolute Gasteiger partial charge is 0.151 e. The lowest BCUT2D eigenvalue weighted by molar-refractivity contribution is 0.629. The van der Waals surface area contributed by atoms with E-state index in [0.717, 1.165) is 33.3 Å². The Labute approximate surface area is 114 Å². The Balaban J connectivity index is 2.31. The first-order valence-corrected chi connectivity index (χ1v) is 6.94. The van der Waals surface area contributed by atoms with E-state index in [1.54, 1.807) is 6.07 Å². The zero-order valence-electron chi connectivity index (χ0n) is 10.8. The zero-order valence-corrected chi connectivity index (χ0v) is 11.6. The van der Waals surface area contributed by atoms with E-state index in [1.807, 2.05) is 13.0 Å². The van der Waals surface area contributed by atoms with Crippen LogP contribution in [0, 0.1) is 12.7 Å². The van der Waals surface area contributed by atoms with Gasteiger partial charge in [0, 0.05) is 12.6 Å². The maximum atomic E-state index is 13.3. The third kappa shape index (κ3) is 1.90. The predicted molar refractivity (Wildman–Crippen MR) is 77.8 cm³/mol. The Morgan fingerprint density at radius 3 is 2.79 bits per heavy atom. The quantitative estimate of drug-likeness (QED) is 0.772. The summed E-state index contributed by atoms with van der Waals surface area (Å²) in [4.78, 5) is 5.62. The molecule has 0 bridgehead atoms. The van der Waals surface area contributed by atoms with Crippen LogP contribution in [0.5, 0.6) is 0 Å². The summed E-state index contributed by atoms with van der Waals surface area (Å²) in [7, 11) is 0. The number of nitrogen functional groups attached to an aromatic ring is 1. The average molecular weight is 275 g/mol. The molecule has 0 fully saturated rings. The van der Waals surface area contributed by atoms with Crippen molar-refractivity contribution >= 4 is 27.4 Å². The second-order valence-electron chi connectivity index (χ2n) is 4.47. The number of nitrogens with two attached hydrogens (primary N) is 1. The number of anilines is 1. The first kappa shape index (κ1) is 12.2. The molecule has 0 amide bonds. The lowest BCUT2D eigenvalue weighted by atomic mass is 10.3. The molecule has 0 saturated carbocycles.